The van der Waals surface area contributed by atoms with Crippen LogP contribution >= 0.6 is 0 Å². The number of carbonyl (C=O) groups is 1. The van der Waals surface area contributed by atoms with E-state index in [1.165, 1.54) is 48.2 Å². The molecule has 38 heavy (non-hydrogen) atoms. The van der Waals surface area contributed by atoms with Crippen molar-refractivity contribution in [2.45, 2.75) is 63.2 Å². The lowest BCUT2D eigenvalue weighted by atomic mass is 9.88. The van der Waals surface area contributed by atoms with Crippen LogP contribution in [0.2, 0.25) is 0 Å². The van der Waals surface area contributed by atoms with Crippen LogP contribution in [-0.4, -0.2) is 58.9 Å². The molecule has 2 aliphatic heterocycles. The van der Waals surface area contributed by atoms with E-state index in [1.807, 2.05) is 17.0 Å². The summed E-state index contributed by atoms with van der Waals surface area (Å²) in [5, 5.41) is 0. The molecule has 3 aliphatic rings. The molecule has 1 saturated heterocycles. The van der Waals surface area contributed by atoms with Crippen molar-refractivity contribution in [2.75, 3.05) is 33.2 Å². The van der Waals surface area contributed by atoms with Crippen LogP contribution in [0.5, 0.6) is 0 Å². The van der Waals surface area contributed by atoms with Crippen LogP contribution in [0.25, 0.3) is 11.4 Å². The Morgan fingerprint density at radius 2 is 1.68 bits per heavy atom. The lowest BCUT2D eigenvalue weighted by Gasteiger charge is -2.32. The number of benzene rings is 2. The molecule has 5 heteroatoms. The van der Waals surface area contributed by atoms with Crippen LogP contribution in [-0.2, 0) is 12.8 Å². The number of hydrogen-bond acceptors (Lipinski definition) is 3. The maximum absolute atomic E-state index is 13.7. The molecule has 5 nitrogen and oxygen atoms in total. The van der Waals surface area contributed by atoms with Crippen LogP contribution in [0, 0.1) is 12.3 Å². The molecule has 3 heterocycles. The predicted octanol–water partition coefficient (Wildman–Crippen LogP) is 5.77. The van der Waals surface area contributed by atoms with Gasteiger partial charge in [0.05, 0.1) is 5.69 Å². The van der Waals surface area contributed by atoms with Gasteiger partial charge in [-0.1, -0.05) is 37.0 Å². The van der Waals surface area contributed by atoms with E-state index in [4.69, 9.17) is 11.4 Å². The monoisotopic (exact) mass is 506 g/mol. The van der Waals surface area contributed by atoms with Gasteiger partial charge < -0.3 is 14.8 Å². The molecule has 6 rings (SSSR count). The molecule has 2 aromatic carbocycles. The first-order valence-electron chi connectivity index (χ1n) is 14.4. The summed E-state index contributed by atoms with van der Waals surface area (Å²) in [6.45, 7) is 3.65. The maximum Gasteiger partial charge on any atom is 0.253 e. The number of nitrogens with one attached hydrogen (secondary N) is 1. The van der Waals surface area contributed by atoms with E-state index < -0.39 is 0 Å². The lowest BCUT2D eigenvalue weighted by Crippen LogP contribution is -2.38. The second-order valence-electron chi connectivity index (χ2n) is 11.4. The second kappa shape index (κ2) is 10.8. The highest BCUT2D eigenvalue weighted by Crippen LogP contribution is 2.40. The molecule has 0 bridgehead atoms. The largest absolute Gasteiger partial charge is 0.342 e. The molecule has 0 radical (unpaired) electrons. The fourth-order valence-corrected chi connectivity index (χ4v) is 6.64. The van der Waals surface area contributed by atoms with Crippen LogP contribution in [0.15, 0.2) is 42.5 Å². The second-order valence-corrected chi connectivity index (χ2v) is 11.4. The normalized spacial score (nSPS) is 19.2. The van der Waals surface area contributed by atoms with E-state index in [1.54, 1.807) is 0 Å². The van der Waals surface area contributed by atoms with Crippen molar-refractivity contribution in [3.8, 4) is 23.7 Å². The van der Waals surface area contributed by atoms with Gasteiger partial charge in [0.15, 0.2) is 0 Å². The van der Waals surface area contributed by atoms with Crippen molar-refractivity contribution in [1.82, 2.24) is 19.8 Å². The van der Waals surface area contributed by atoms with Crippen molar-refractivity contribution in [3.05, 3.63) is 76.1 Å². The van der Waals surface area contributed by atoms with Gasteiger partial charge in [-0.2, -0.15) is 0 Å². The van der Waals surface area contributed by atoms with Crippen LogP contribution in [0.3, 0.4) is 0 Å². The number of amides is 1. The Kier molecular flexibility index (Phi) is 7.08. The number of terminal acetylenes is 1. The van der Waals surface area contributed by atoms with E-state index in [0.717, 1.165) is 74.4 Å². The Labute approximate surface area is 226 Å². The molecular weight excluding hydrogens is 468 g/mol. The number of aromatic nitrogens is 2. The summed E-state index contributed by atoms with van der Waals surface area (Å²) < 4.78 is 0. The van der Waals surface area contributed by atoms with E-state index in [-0.39, 0.29) is 5.91 Å². The summed E-state index contributed by atoms with van der Waals surface area (Å²) >= 11 is 0. The molecule has 0 spiro atoms. The van der Waals surface area contributed by atoms with Gasteiger partial charge in [0.25, 0.3) is 5.91 Å². The molecule has 0 unspecified atom stereocenters. The molecule has 2 fully saturated rings. The minimum Gasteiger partial charge on any atom is -0.342 e. The Morgan fingerprint density at radius 3 is 2.42 bits per heavy atom. The molecular formula is C33H38N4O. The highest BCUT2D eigenvalue weighted by Gasteiger charge is 2.28. The lowest BCUT2D eigenvalue weighted by molar-refractivity contribution is 0.0713. The molecule has 196 valence electrons. The van der Waals surface area contributed by atoms with Gasteiger partial charge in [-0.05, 0) is 80.0 Å². The Balaban J connectivity index is 1.23. The summed E-state index contributed by atoms with van der Waals surface area (Å²) in [5.74, 6) is 4.81. The third kappa shape index (κ3) is 5.02. The first kappa shape index (κ1) is 24.9. The van der Waals surface area contributed by atoms with Gasteiger partial charge >= 0.3 is 0 Å². The Hall–Kier alpha value is -3.36. The number of likely N-dealkylation sites (N-methyl/N-ethyl adjacent to an activating group) is 1. The van der Waals surface area contributed by atoms with Crippen molar-refractivity contribution in [1.29, 1.82) is 0 Å². The number of piperidine rings is 1. The van der Waals surface area contributed by atoms with Crippen LogP contribution < -0.4 is 0 Å². The molecule has 1 amide bonds. The molecule has 0 atom stereocenters. The summed E-state index contributed by atoms with van der Waals surface area (Å²) in [6.07, 6.45) is 14.5. The smallest absolute Gasteiger partial charge is 0.253 e. The third-order valence-corrected chi connectivity index (χ3v) is 9.02. The number of H-pyrrole nitrogens is 1. The SMILES string of the molecule is C#Cc1ccc(C2CCN(C(=O)c3ccc(C4CCCC4)c(-c4nc5c([nH]4)CCN(C)CC5)c3)CC2)cc1. The number of rotatable bonds is 4. The topological polar surface area (TPSA) is 52.2 Å². The minimum absolute atomic E-state index is 0.139. The highest BCUT2D eigenvalue weighted by molar-refractivity contribution is 5.95. The molecule has 1 aromatic heterocycles. The number of carbonyl (C=O) groups excluding carboxylic acids is 1. The number of aromatic amines is 1. The number of hydrogen-bond donors (Lipinski definition) is 1. The summed E-state index contributed by atoms with van der Waals surface area (Å²) in [7, 11) is 2.18. The van der Waals surface area contributed by atoms with E-state index in [0.29, 0.717) is 11.8 Å². The first-order chi connectivity index (χ1) is 18.6. The molecule has 1 aliphatic carbocycles. The number of nitrogens with zero attached hydrogens (tertiary/aromatic N) is 3. The van der Waals surface area contributed by atoms with Crippen molar-refractivity contribution >= 4 is 5.91 Å². The van der Waals surface area contributed by atoms with Gasteiger partial charge in [0, 0.05) is 61.4 Å². The summed E-state index contributed by atoms with van der Waals surface area (Å²) in [6, 6.07) is 14.7. The predicted molar refractivity (Wildman–Crippen MR) is 152 cm³/mol. The average Bonchev–Trinajstić information content (AvgIpc) is 3.62. The zero-order valence-corrected chi connectivity index (χ0v) is 22.5. The van der Waals surface area contributed by atoms with Crippen molar-refractivity contribution in [3.63, 3.8) is 0 Å². The standard InChI is InChI=1S/C33H38N4O/c1-3-23-8-10-24(11-9-23)25-14-20-37(21-15-25)33(38)27-12-13-28(26-6-4-5-7-26)29(22-27)32-34-30-16-18-36(2)19-17-31(30)35-32/h1,8-13,22,25-26H,4-7,14-21H2,2H3,(H,34,35). The van der Waals surface area contributed by atoms with Crippen LogP contribution in [0.1, 0.15) is 88.8 Å². The Bertz CT molecular complexity index is 1310. The quantitative estimate of drug-likeness (QED) is 0.458. The third-order valence-electron chi connectivity index (χ3n) is 9.02. The van der Waals surface area contributed by atoms with Gasteiger partial charge in [-0.3, -0.25) is 4.79 Å². The van der Waals surface area contributed by atoms with E-state index in [2.05, 4.69) is 53.2 Å². The van der Waals surface area contributed by atoms with Crippen molar-refractivity contribution < 1.29 is 4.79 Å². The van der Waals surface area contributed by atoms with Gasteiger partial charge in [-0.15, -0.1) is 6.42 Å². The number of likely N-dealkylation sites (tertiary alicyclic amines) is 1. The van der Waals surface area contributed by atoms with Crippen molar-refractivity contribution in [2.24, 2.45) is 0 Å². The highest BCUT2D eigenvalue weighted by atomic mass is 16.2. The minimum atomic E-state index is 0.139. The van der Waals surface area contributed by atoms with Gasteiger partial charge in [0.2, 0.25) is 0 Å². The molecule has 3 aromatic rings. The summed E-state index contributed by atoms with van der Waals surface area (Å²) in [4.78, 5) is 26.9. The molecule has 1 N–H and O–H groups in total. The summed E-state index contributed by atoms with van der Waals surface area (Å²) in [5.41, 5.74) is 7.96. The number of imidazole rings is 1. The zero-order chi connectivity index (χ0) is 26.1. The maximum atomic E-state index is 13.7. The average molecular weight is 507 g/mol. The fraction of sp³-hybridized carbons (Fsp3) is 0.455. The van der Waals surface area contributed by atoms with Gasteiger partial charge in [0.1, 0.15) is 5.82 Å². The zero-order valence-electron chi connectivity index (χ0n) is 22.5. The van der Waals surface area contributed by atoms with Gasteiger partial charge in [-0.25, -0.2) is 4.98 Å². The molecule has 1 saturated carbocycles. The Morgan fingerprint density at radius 1 is 0.947 bits per heavy atom. The van der Waals surface area contributed by atoms with Crippen LogP contribution in [0.4, 0.5) is 0 Å². The first-order valence-corrected chi connectivity index (χ1v) is 14.4. The van der Waals surface area contributed by atoms with E-state index >= 15 is 0 Å². The van der Waals surface area contributed by atoms with E-state index in [9.17, 15) is 4.79 Å². The number of fused-ring (bicyclic) bond motifs is 1. The fourth-order valence-electron chi connectivity index (χ4n) is 6.64.